The molecule has 2 atom stereocenters. The quantitative estimate of drug-likeness (QED) is 0.663. The van der Waals surface area contributed by atoms with Gasteiger partial charge in [0.25, 0.3) is 0 Å². The summed E-state index contributed by atoms with van der Waals surface area (Å²) in [5, 5.41) is 3.72. The van der Waals surface area contributed by atoms with Gasteiger partial charge in [-0.2, -0.15) is 0 Å². The van der Waals surface area contributed by atoms with Crippen LogP contribution in [-0.4, -0.2) is 14.1 Å². The lowest BCUT2D eigenvalue weighted by Crippen LogP contribution is -2.33. The van der Waals surface area contributed by atoms with Gasteiger partial charge in [0.15, 0.2) is 0 Å². The van der Waals surface area contributed by atoms with Crippen LogP contribution >= 0.6 is 0 Å². The molecule has 0 aliphatic rings. The largest absolute Gasteiger partial charge is 0.382 e. The molecule has 0 unspecified atom stereocenters. The fraction of sp³-hybridized carbons (Fsp3) is 0.625. The Balaban J connectivity index is 2.64. The molecule has 0 radical (unpaired) electrons. The summed E-state index contributed by atoms with van der Waals surface area (Å²) in [6.45, 7) is 12.1. The predicted molar refractivity (Wildman–Crippen MR) is 86.1 cm³/mol. The number of benzene rings is 1. The molecule has 0 aliphatic carbocycles. The Labute approximate surface area is 114 Å². The molecule has 0 bridgehead atoms. The highest BCUT2D eigenvalue weighted by Crippen LogP contribution is 2.24. The molecule has 1 aromatic rings. The van der Waals surface area contributed by atoms with Crippen LogP contribution in [0.25, 0.3) is 0 Å². The van der Waals surface area contributed by atoms with Crippen molar-refractivity contribution < 1.29 is 0 Å². The van der Waals surface area contributed by atoms with Gasteiger partial charge < -0.3 is 5.32 Å². The van der Waals surface area contributed by atoms with Gasteiger partial charge in [-0.1, -0.05) is 64.2 Å². The van der Waals surface area contributed by atoms with E-state index in [2.05, 4.69) is 69.1 Å². The van der Waals surface area contributed by atoms with Crippen LogP contribution in [0.4, 0.5) is 5.69 Å². The van der Waals surface area contributed by atoms with E-state index >= 15 is 0 Å². The Hall–Kier alpha value is -0.763. The standard InChI is InChI=1S/C16H29NSi/c1-6-10-16(14(2)13-18(3,4)5)17-15-11-8-7-9-12-15/h7-9,11-12,14,16-17H,6,10,13H2,1-5H3/t14-,16-/m1/s1. The first kappa shape index (κ1) is 15.3. The normalized spacial score (nSPS) is 15.2. The number of nitrogens with one attached hydrogen (secondary N) is 1. The Morgan fingerprint density at radius 2 is 1.72 bits per heavy atom. The van der Waals surface area contributed by atoms with Crippen LogP contribution in [0.3, 0.4) is 0 Å². The average Bonchev–Trinajstić information content (AvgIpc) is 2.27. The zero-order valence-corrected chi connectivity index (χ0v) is 13.7. The molecule has 1 nitrogen and oxygen atoms in total. The maximum Gasteiger partial charge on any atom is 0.0446 e. The van der Waals surface area contributed by atoms with Crippen LogP contribution in [0, 0.1) is 5.92 Å². The zero-order chi connectivity index (χ0) is 13.6. The van der Waals surface area contributed by atoms with Crippen molar-refractivity contribution in [1.29, 1.82) is 0 Å². The summed E-state index contributed by atoms with van der Waals surface area (Å²) < 4.78 is 0. The fourth-order valence-electron chi connectivity index (χ4n) is 2.67. The van der Waals surface area contributed by atoms with Crippen LogP contribution < -0.4 is 5.32 Å². The van der Waals surface area contributed by atoms with Crippen molar-refractivity contribution in [2.45, 2.75) is 58.4 Å². The summed E-state index contributed by atoms with van der Waals surface area (Å²) in [6.07, 6.45) is 2.51. The van der Waals surface area contributed by atoms with E-state index in [0.717, 1.165) is 5.92 Å². The lowest BCUT2D eigenvalue weighted by molar-refractivity contribution is 0.484. The smallest absolute Gasteiger partial charge is 0.0446 e. The maximum atomic E-state index is 3.72. The molecule has 102 valence electrons. The van der Waals surface area contributed by atoms with Crippen molar-refractivity contribution >= 4 is 13.8 Å². The van der Waals surface area contributed by atoms with Crippen LogP contribution in [0.5, 0.6) is 0 Å². The van der Waals surface area contributed by atoms with Crippen molar-refractivity contribution in [3.05, 3.63) is 30.3 Å². The van der Waals surface area contributed by atoms with Gasteiger partial charge in [-0.15, -0.1) is 0 Å². The van der Waals surface area contributed by atoms with Gasteiger partial charge in [0, 0.05) is 19.8 Å². The lowest BCUT2D eigenvalue weighted by Gasteiger charge is -2.30. The Kier molecular flexibility index (Phi) is 5.93. The highest BCUT2D eigenvalue weighted by atomic mass is 28.3. The molecule has 1 N–H and O–H groups in total. The zero-order valence-electron chi connectivity index (χ0n) is 12.7. The number of para-hydroxylation sites is 1. The van der Waals surface area contributed by atoms with Crippen molar-refractivity contribution in [2.24, 2.45) is 5.92 Å². The van der Waals surface area contributed by atoms with Gasteiger partial charge in [0.2, 0.25) is 0 Å². The highest BCUT2D eigenvalue weighted by molar-refractivity contribution is 6.76. The van der Waals surface area contributed by atoms with E-state index < -0.39 is 8.07 Å². The molecule has 2 heteroatoms. The van der Waals surface area contributed by atoms with E-state index in [1.807, 2.05) is 0 Å². The number of hydrogen-bond acceptors (Lipinski definition) is 1. The van der Waals surface area contributed by atoms with Crippen LogP contribution in [0.15, 0.2) is 30.3 Å². The topological polar surface area (TPSA) is 12.0 Å². The minimum atomic E-state index is -0.969. The van der Waals surface area contributed by atoms with Crippen LogP contribution in [0.2, 0.25) is 25.7 Å². The molecule has 0 spiro atoms. The Morgan fingerprint density at radius 3 is 2.22 bits per heavy atom. The van der Waals surface area contributed by atoms with Gasteiger partial charge in [0.05, 0.1) is 0 Å². The van der Waals surface area contributed by atoms with E-state index in [4.69, 9.17) is 0 Å². The Morgan fingerprint density at radius 1 is 1.11 bits per heavy atom. The van der Waals surface area contributed by atoms with Gasteiger partial charge in [-0.25, -0.2) is 0 Å². The summed E-state index contributed by atoms with van der Waals surface area (Å²) in [7, 11) is -0.969. The van der Waals surface area contributed by atoms with Gasteiger partial charge in [0.1, 0.15) is 0 Å². The first-order valence-corrected chi connectivity index (χ1v) is 10.9. The summed E-state index contributed by atoms with van der Waals surface area (Å²) in [4.78, 5) is 0. The van der Waals surface area contributed by atoms with Gasteiger partial charge in [-0.3, -0.25) is 0 Å². The third kappa shape index (κ3) is 5.72. The van der Waals surface area contributed by atoms with Gasteiger partial charge in [-0.05, 0) is 24.5 Å². The first-order chi connectivity index (χ1) is 8.42. The van der Waals surface area contributed by atoms with Crippen molar-refractivity contribution in [2.75, 3.05) is 5.32 Å². The predicted octanol–water partition coefficient (Wildman–Crippen LogP) is 5.24. The molecule has 0 heterocycles. The van der Waals surface area contributed by atoms with E-state index in [9.17, 15) is 0 Å². The van der Waals surface area contributed by atoms with Crippen molar-refractivity contribution in [1.82, 2.24) is 0 Å². The monoisotopic (exact) mass is 263 g/mol. The lowest BCUT2D eigenvalue weighted by atomic mass is 9.99. The molecule has 0 amide bonds. The SMILES string of the molecule is CCC[C@@H](Nc1ccccc1)[C@H](C)C[Si](C)(C)C. The van der Waals surface area contributed by atoms with E-state index in [0.29, 0.717) is 6.04 Å². The molecule has 0 aromatic heterocycles. The van der Waals surface area contributed by atoms with Crippen molar-refractivity contribution in [3.8, 4) is 0 Å². The number of hydrogen-bond donors (Lipinski definition) is 1. The summed E-state index contributed by atoms with van der Waals surface area (Å²) in [6, 6.07) is 12.6. The van der Waals surface area contributed by atoms with E-state index in [-0.39, 0.29) is 0 Å². The minimum Gasteiger partial charge on any atom is -0.382 e. The molecule has 1 rings (SSSR count). The number of rotatable bonds is 7. The molecule has 1 aromatic carbocycles. The fourth-order valence-corrected chi connectivity index (χ4v) is 4.88. The molecule has 0 saturated carbocycles. The molecular weight excluding hydrogens is 234 g/mol. The van der Waals surface area contributed by atoms with E-state index in [1.54, 1.807) is 0 Å². The summed E-state index contributed by atoms with van der Waals surface area (Å²) in [5.74, 6) is 0.761. The summed E-state index contributed by atoms with van der Waals surface area (Å²) in [5.41, 5.74) is 1.26. The Bertz CT molecular complexity index is 329. The first-order valence-electron chi connectivity index (χ1n) is 7.24. The van der Waals surface area contributed by atoms with Crippen molar-refractivity contribution in [3.63, 3.8) is 0 Å². The van der Waals surface area contributed by atoms with Crippen LogP contribution in [-0.2, 0) is 0 Å². The molecular formula is C16H29NSi. The second-order valence-electron chi connectivity index (χ2n) is 6.65. The summed E-state index contributed by atoms with van der Waals surface area (Å²) >= 11 is 0. The van der Waals surface area contributed by atoms with Gasteiger partial charge >= 0.3 is 0 Å². The molecule has 0 fully saturated rings. The average molecular weight is 264 g/mol. The molecule has 0 aliphatic heterocycles. The molecule has 0 saturated heterocycles. The third-order valence-corrected chi connectivity index (χ3v) is 5.22. The third-order valence-electron chi connectivity index (χ3n) is 3.35. The second kappa shape index (κ2) is 6.98. The highest BCUT2D eigenvalue weighted by Gasteiger charge is 2.23. The second-order valence-corrected chi connectivity index (χ2v) is 12.2. The number of anilines is 1. The van der Waals surface area contributed by atoms with E-state index in [1.165, 1.54) is 24.6 Å². The van der Waals surface area contributed by atoms with Crippen LogP contribution in [0.1, 0.15) is 26.7 Å². The minimum absolute atomic E-state index is 0.615. The molecule has 18 heavy (non-hydrogen) atoms. The maximum absolute atomic E-state index is 3.72.